The third-order valence-corrected chi connectivity index (χ3v) is 3.92. The van der Waals surface area contributed by atoms with Gasteiger partial charge in [0.1, 0.15) is 17.1 Å². The molecule has 0 radical (unpaired) electrons. The number of ether oxygens (including phenoxy) is 1. The minimum Gasteiger partial charge on any atom is -0.456 e. The molecule has 132 valence electrons. The first-order valence-corrected chi connectivity index (χ1v) is 8.02. The van der Waals surface area contributed by atoms with Gasteiger partial charge in [-0.05, 0) is 36.4 Å². The summed E-state index contributed by atoms with van der Waals surface area (Å²) in [5.74, 6) is -1.54. The second-order valence-corrected chi connectivity index (χ2v) is 5.61. The Kier molecular flexibility index (Phi) is 4.10. The first-order valence-electron chi connectivity index (χ1n) is 8.02. The van der Waals surface area contributed by atoms with Gasteiger partial charge in [0.05, 0.1) is 11.1 Å². The predicted octanol–water partition coefficient (Wildman–Crippen LogP) is 3.24. The molecule has 1 aromatic heterocycles. The van der Waals surface area contributed by atoms with Crippen molar-refractivity contribution < 1.29 is 24.0 Å². The highest BCUT2D eigenvalue weighted by atomic mass is 16.7. The number of aromatic nitrogens is 1. The maximum absolute atomic E-state index is 12.6. The van der Waals surface area contributed by atoms with Crippen molar-refractivity contribution in [2.75, 3.05) is 0 Å². The number of para-hydroxylation sites is 1. The van der Waals surface area contributed by atoms with Crippen molar-refractivity contribution in [1.82, 2.24) is 10.0 Å². The molecule has 2 aromatic carbocycles. The Labute approximate surface area is 153 Å². The highest BCUT2D eigenvalue weighted by molar-refractivity contribution is 6.21. The molecular weight excluding hydrogens is 348 g/mol. The molecule has 0 bridgehead atoms. The molecule has 2 heterocycles. The van der Waals surface area contributed by atoms with Crippen LogP contribution in [0.5, 0.6) is 11.5 Å². The third-order valence-electron chi connectivity index (χ3n) is 3.92. The zero-order chi connectivity index (χ0) is 18.8. The number of carbonyl (C=O) groups excluding carboxylic acids is 3. The predicted molar refractivity (Wildman–Crippen MR) is 93.1 cm³/mol. The summed E-state index contributed by atoms with van der Waals surface area (Å²) in [6.07, 6.45) is 3.10. The van der Waals surface area contributed by atoms with Crippen LogP contribution in [0.2, 0.25) is 0 Å². The first-order chi connectivity index (χ1) is 13.1. The zero-order valence-corrected chi connectivity index (χ0v) is 13.9. The van der Waals surface area contributed by atoms with Crippen LogP contribution in [0.15, 0.2) is 73.1 Å². The first kappa shape index (κ1) is 16.5. The van der Waals surface area contributed by atoms with E-state index in [9.17, 15) is 14.4 Å². The fourth-order valence-corrected chi connectivity index (χ4v) is 2.64. The fraction of sp³-hybridized carbons (Fsp3) is 0. The summed E-state index contributed by atoms with van der Waals surface area (Å²) in [6.45, 7) is 0. The van der Waals surface area contributed by atoms with Crippen LogP contribution < -0.4 is 4.74 Å². The number of benzene rings is 2. The van der Waals surface area contributed by atoms with Crippen molar-refractivity contribution in [1.29, 1.82) is 0 Å². The smallest absolute Gasteiger partial charge is 0.367 e. The maximum Gasteiger partial charge on any atom is 0.367 e. The number of hydrogen-bond donors (Lipinski definition) is 0. The van der Waals surface area contributed by atoms with Gasteiger partial charge in [-0.15, -0.1) is 0 Å². The van der Waals surface area contributed by atoms with Crippen LogP contribution >= 0.6 is 0 Å². The van der Waals surface area contributed by atoms with E-state index in [4.69, 9.17) is 9.57 Å². The van der Waals surface area contributed by atoms with Crippen molar-refractivity contribution >= 4 is 17.8 Å². The minimum absolute atomic E-state index is 0.0749. The molecule has 4 rings (SSSR count). The number of carbonyl (C=O) groups is 3. The van der Waals surface area contributed by atoms with Gasteiger partial charge < -0.3 is 9.57 Å². The molecule has 7 nitrogen and oxygen atoms in total. The Balaban J connectivity index is 1.58. The average Bonchev–Trinajstić information content (AvgIpc) is 2.94. The molecule has 0 unspecified atom stereocenters. The number of hydroxylamine groups is 2. The van der Waals surface area contributed by atoms with E-state index in [1.54, 1.807) is 54.9 Å². The number of hydrogen-bond acceptors (Lipinski definition) is 6. The molecule has 3 aromatic rings. The number of pyridine rings is 1. The molecule has 27 heavy (non-hydrogen) atoms. The highest BCUT2D eigenvalue weighted by Crippen LogP contribution is 2.27. The van der Waals surface area contributed by atoms with Gasteiger partial charge in [-0.25, -0.2) is 4.79 Å². The Hall–Kier alpha value is -4.00. The number of nitrogens with zero attached hydrogens (tertiary/aromatic N) is 2. The van der Waals surface area contributed by atoms with Crippen LogP contribution in [0.1, 0.15) is 31.1 Å². The lowest BCUT2D eigenvalue weighted by molar-refractivity contribution is -0.0586. The summed E-state index contributed by atoms with van der Waals surface area (Å²) in [5, 5.41) is 0.468. The van der Waals surface area contributed by atoms with Crippen LogP contribution in [-0.4, -0.2) is 27.8 Å². The maximum atomic E-state index is 12.6. The summed E-state index contributed by atoms with van der Waals surface area (Å²) in [7, 11) is 0. The summed E-state index contributed by atoms with van der Waals surface area (Å²) >= 11 is 0. The Morgan fingerprint density at radius 3 is 2.07 bits per heavy atom. The number of amides is 2. The van der Waals surface area contributed by atoms with Gasteiger partial charge >= 0.3 is 5.97 Å². The number of imide groups is 1. The van der Waals surface area contributed by atoms with E-state index < -0.39 is 17.8 Å². The van der Waals surface area contributed by atoms with Crippen molar-refractivity contribution in [2.45, 2.75) is 0 Å². The Bertz CT molecular complexity index is 1010. The third kappa shape index (κ3) is 3.02. The lowest BCUT2D eigenvalue weighted by Gasteiger charge is -2.14. The van der Waals surface area contributed by atoms with E-state index in [-0.39, 0.29) is 22.4 Å². The summed E-state index contributed by atoms with van der Waals surface area (Å²) < 4.78 is 5.68. The van der Waals surface area contributed by atoms with Gasteiger partial charge in [0.25, 0.3) is 11.8 Å². The molecule has 2 amide bonds. The zero-order valence-electron chi connectivity index (χ0n) is 13.9. The van der Waals surface area contributed by atoms with Crippen molar-refractivity contribution in [3.63, 3.8) is 0 Å². The highest BCUT2D eigenvalue weighted by Gasteiger charge is 2.39. The fourth-order valence-electron chi connectivity index (χ4n) is 2.64. The topological polar surface area (TPSA) is 85.8 Å². The van der Waals surface area contributed by atoms with E-state index in [0.717, 1.165) is 0 Å². The number of rotatable bonds is 4. The van der Waals surface area contributed by atoms with Crippen molar-refractivity contribution in [3.8, 4) is 11.5 Å². The van der Waals surface area contributed by atoms with Crippen LogP contribution in [-0.2, 0) is 4.84 Å². The SMILES string of the molecule is O=C(ON1C(=O)c2ccccc2C1=O)c1ccccc1Oc1ccncc1. The molecule has 0 saturated carbocycles. The monoisotopic (exact) mass is 360 g/mol. The van der Waals surface area contributed by atoms with Crippen LogP contribution in [0.4, 0.5) is 0 Å². The van der Waals surface area contributed by atoms with Gasteiger partial charge in [0.2, 0.25) is 0 Å². The van der Waals surface area contributed by atoms with Gasteiger partial charge in [0.15, 0.2) is 0 Å². The standard InChI is InChI=1S/C20H12N2O5/c23-18-14-5-1-2-6-15(14)19(24)22(18)27-20(25)16-7-3-4-8-17(16)26-13-9-11-21-12-10-13/h1-12H. The van der Waals surface area contributed by atoms with Crippen LogP contribution in [0, 0.1) is 0 Å². The lowest BCUT2D eigenvalue weighted by Crippen LogP contribution is -2.32. The molecular formula is C20H12N2O5. The quantitative estimate of drug-likeness (QED) is 0.664. The molecule has 1 aliphatic rings. The van der Waals surface area contributed by atoms with Crippen LogP contribution in [0.25, 0.3) is 0 Å². The lowest BCUT2D eigenvalue weighted by atomic mass is 10.1. The molecule has 0 fully saturated rings. The van der Waals surface area contributed by atoms with Gasteiger partial charge in [0, 0.05) is 12.4 Å². The van der Waals surface area contributed by atoms with E-state index in [1.165, 1.54) is 18.2 Å². The molecule has 0 N–H and O–H groups in total. The Morgan fingerprint density at radius 1 is 0.815 bits per heavy atom. The molecule has 0 aliphatic carbocycles. The normalized spacial score (nSPS) is 12.7. The van der Waals surface area contributed by atoms with Gasteiger partial charge in [-0.2, -0.15) is 0 Å². The van der Waals surface area contributed by atoms with E-state index >= 15 is 0 Å². The molecule has 0 saturated heterocycles. The molecule has 0 spiro atoms. The van der Waals surface area contributed by atoms with E-state index in [1.807, 2.05) is 0 Å². The van der Waals surface area contributed by atoms with Gasteiger partial charge in [-0.1, -0.05) is 29.3 Å². The molecule has 1 aliphatic heterocycles. The van der Waals surface area contributed by atoms with Crippen molar-refractivity contribution in [3.05, 3.63) is 89.7 Å². The summed E-state index contributed by atoms with van der Waals surface area (Å²) in [6, 6.07) is 15.9. The van der Waals surface area contributed by atoms with Crippen LogP contribution in [0.3, 0.4) is 0 Å². The largest absolute Gasteiger partial charge is 0.456 e. The van der Waals surface area contributed by atoms with E-state index in [2.05, 4.69) is 4.98 Å². The number of fused-ring (bicyclic) bond motifs is 1. The molecule has 0 atom stereocenters. The molecule has 7 heteroatoms. The summed E-state index contributed by atoms with van der Waals surface area (Å²) in [4.78, 5) is 46.3. The van der Waals surface area contributed by atoms with E-state index in [0.29, 0.717) is 10.8 Å². The summed E-state index contributed by atoms with van der Waals surface area (Å²) in [5.41, 5.74) is 0.458. The van der Waals surface area contributed by atoms with Gasteiger partial charge in [-0.3, -0.25) is 14.6 Å². The van der Waals surface area contributed by atoms with Crippen molar-refractivity contribution in [2.24, 2.45) is 0 Å². The minimum atomic E-state index is -0.880. The Morgan fingerprint density at radius 2 is 1.41 bits per heavy atom. The average molecular weight is 360 g/mol. The second kappa shape index (κ2) is 6.72. The second-order valence-electron chi connectivity index (χ2n) is 5.61.